The van der Waals surface area contributed by atoms with Crippen LogP contribution in [0.25, 0.3) is 0 Å². The minimum absolute atomic E-state index is 0.0406. The second-order valence-corrected chi connectivity index (χ2v) is 7.76. The van der Waals surface area contributed by atoms with Gasteiger partial charge in [0, 0.05) is 35.1 Å². The normalized spacial score (nSPS) is 16.3. The van der Waals surface area contributed by atoms with Gasteiger partial charge in [-0.1, -0.05) is 29.3 Å². The lowest BCUT2D eigenvalue weighted by atomic mass is 9.96. The maximum Gasteiger partial charge on any atom is 0.328 e. The number of nitrogens with zero attached hydrogens (tertiary/aromatic N) is 2. The zero-order chi connectivity index (χ0) is 22.5. The minimum Gasteiger partial charge on any atom is -0.469 e. The first-order valence-corrected chi connectivity index (χ1v) is 10.3. The largest absolute Gasteiger partial charge is 0.469 e. The molecule has 2 atom stereocenters. The molecule has 1 aliphatic rings. The maximum atomic E-state index is 13.2. The number of carbonyl (C=O) groups is 3. The zero-order valence-corrected chi connectivity index (χ0v) is 18.5. The Labute approximate surface area is 189 Å². The lowest BCUT2D eigenvalue weighted by Gasteiger charge is -2.36. The molecule has 0 saturated carbocycles. The van der Waals surface area contributed by atoms with Gasteiger partial charge in [0.25, 0.3) is 0 Å². The van der Waals surface area contributed by atoms with Crippen LogP contribution in [0.15, 0.2) is 24.5 Å². The monoisotopic (exact) mass is 468 g/mol. The predicted molar refractivity (Wildman–Crippen MR) is 113 cm³/mol. The molecule has 1 aromatic carbocycles. The Balaban J connectivity index is 1.88. The zero-order valence-electron chi connectivity index (χ0n) is 17.0. The van der Waals surface area contributed by atoms with Crippen LogP contribution in [0.4, 0.5) is 4.79 Å². The smallest absolute Gasteiger partial charge is 0.328 e. The van der Waals surface area contributed by atoms with Gasteiger partial charge < -0.3 is 24.7 Å². The number of ether oxygens (including phenoxy) is 2. The molecule has 3 rings (SSSR count). The van der Waals surface area contributed by atoms with E-state index in [4.69, 9.17) is 27.9 Å². The van der Waals surface area contributed by atoms with Crippen molar-refractivity contribution in [2.75, 3.05) is 20.8 Å². The Bertz CT molecular complexity index is 980. The Kier molecular flexibility index (Phi) is 7.40. The van der Waals surface area contributed by atoms with E-state index in [9.17, 15) is 14.4 Å². The number of fused-ring (bicyclic) bond motifs is 1. The van der Waals surface area contributed by atoms with Crippen molar-refractivity contribution in [2.24, 2.45) is 0 Å². The van der Waals surface area contributed by atoms with Crippen LogP contribution in [0.1, 0.15) is 35.8 Å². The van der Waals surface area contributed by atoms with Gasteiger partial charge in [-0.2, -0.15) is 0 Å². The van der Waals surface area contributed by atoms with E-state index in [2.05, 4.69) is 20.0 Å². The van der Waals surface area contributed by atoms with Gasteiger partial charge in [0.15, 0.2) is 0 Å². The number of hydrogen-bond donors (Lipinski definition) is 2. The highest BCUT2D eigenvalue weighted by atomic mass is 35.5. The third kappa shape index (κ3) is 5.11. The van der Waals surface area contributed by atoms with Crippen LogP contribution in [-0.4, -0.2) is 59.6 Å². The van der Waals surface area contributed by atoms with Gasteiger partial charge in [0.2, 0.25) is 0 Å². The van der Waals surface area contributed by atoms with E-state index in [1.165, 1.54) is 14.2 Å². The molecule has 2 aromatic rings. The van der Waals surface area contributed by atoms with Gasteiger partial charge in [-0.05, 0) is 24.1 Å². The molecule has 31 heavy (non-hydrogen) atoms. The van der Waals surface area contributed by atoms with E-state index in [1.807, 2.05) is 0 Å². The first kappa shape index (κ1) is 22.9. The highest BCUT2D eigenvalue weighted by Gasteiger charge is 2.36. The van der Waals surface area contributed by atoms with E-state index in [0.717, 1.165) is 5.69 Å². The molecule has 0 spiro atoms. The summed E-state index contributed by atoms with van der Waals surface area (Å²) in [6, 6.07) is 2.92. The van der Waals surface area contributed by atoms with Crippen LogP contribution in [0.3, 0.4) is 0 Å². The molecule has 1 aliphatic heterocycles. The van der Waals surface area contributed by atoms with Crippen molar-refractivity contribution in [3.8, 4) is 0 Å². The van der Waals surface area contributed by atoms with E-state index in [0.29, 0.717) is 34.3 Å². The summed E-state index contributed by atoms with van der Waals surface area (Å²) in [6.07, 6.45) is 2.11. The summed E-state index contributed by atoms with van der Waals surface area (Å²) in [7, 11) is 2.47. The third-order valence-electron chi connectivity index (χ3n) is 5.09. The predicted octanol–water partition coefficient (Wildman–Crippen LogP) is 2.87. The summed E-state index contributed by atoms with van der Waals surface area (Å²) >= 11 is 12.5. The summed E-state index contributed by atoms with van der Waals surface area (Å²) < 4.78 is 9.39. The fourth-order valence-corrected chi connectivity index (χ4v) is 4.03. The van der Waals surface area contributed by atoms with E-state index < -0.39 is 30.1 Å². The van der Waals surface area contributed by atoms with E-state index in [-0.39, 0.29) is 12.8 Å². The molecule has 0 bridgehead atoms. The molecule has 1 unspecified atom stereocenters. The number of H-pyrrole nitrogens is 1. The number of aromatic nitrogens is 2. The van der Waals surface area contributed by atoms with Crippen LogP contribution in [0, 0.1) is 0 Å². The number of benzene rings is 1. The summed E-state index contributed by atoms with van der Waals surface area (Å²) in [4.78, 5) is 45.9. The van der Waals surface area contributed by atoms with Crippen molar-refractivity contribution in [3.05, 3.63) is 51.5 Å². The number of rotatable bonds is 6. The lowest BCUT2D eigenvalue weighted by Crippen LogP contribution is -2.51. The number of urea groups is 1. The number of aromatic amines is 1. The Morgan fingerprint density at radius 1 is 1.29 bits per heavy atom. The molecule has 2 heterocycles. The van der Waals surface area contributed by atoms with Crippen LogP contribution >= 0.6 is 23.2 Å². The summed E-state index contributed by atoms with van der Waals surface area (Å²) in [5, 5.41) is 3.53. The second-order valence-electron chi connectivity index (χ2n) is 6.92. The number of nitrogens with one attached hydrogen (secondary N) is 2. The fourth-order valence-electron chi connectivity index (χ4n) is 3.52. The average molecular weight is 469 g/mol. The van der Waals surface area contributed by atoms with Crippen molar-refractivity contribution in [2.45, 2.75) is 31.3 Å². The number of carbonyl (C=O) groups excluding carboxylic acids is 3. The average Bonchev–Trinajstić information content (AvgIpc) is 3.24. The SMILES string of the molecule is COC(=O)CC[C@H](NC(=O)N1CCc2[nH]cnc2C1c1ccc(Cl)cc1Cl)C(=O)OC. The Morgan fingerprint density at radius 2 is 2.06 bits per heavy atom. The number of hydrogen-bond acceptors (Lipinski definition) is 6. The molecule has 0 radical (unpaired) electrons. The highest BCUT2D eigenvalue weighted by Crippen LogP contribution is 2.37. The van der Waals surface area contributed by atoms with Crippen molar-refractivity contribution < 1.29 is 23.9 Å². The van der Waals surface area contributed by atoms with E-state index >= 15 is 0 Å². The molecule has 166 valence electrons. The molecule has 0 saturated heterocycles. The van der Waals surface area contributed by atoms with Gasteiger partial charge >= 0.3 is 18.0 Å². The van der Waals surface area contributed by atoms with Gasteiger partial charge in [-0.15, -0.1) is 0 Å². The van der Waals surface area contributed by atoms with Crippen molar-refractivity contribution >= 4 is 41.2 Å². The lowest BCUT2D eigenvalue weighted by molar-refractivity contribution is -0.144. The van der Waals surface area contributed by atoms with Crippen molar-refractivity contribution in [1.82, 2.24) is 20.2 Å². The highest BCUT2D eigenvalue weighted by molar-refractivity contribution is 6.35. The molecular weight excluding hydrogens is 447 g/mol. The van der Waals surface area contributed by atoms with Gasteiger partial charge in [0.1, 0.15) is 12.1 Å². The quantitative estimate of drug-likeness (QED) is 0.629. The molecular formula is C20H22Cl2N4O5. The van der Waals surface area contributed by atoms with Crippen molar-refractivity contribution in [1.29, 1.82) is 0 Å². The Morgan fingerprint density at radius 3 is 2.74 bits per heavy atom. The fraction of sp³-hybridized carbons (Fsp3) is 0.400. The van der Waals surface area contributed by atoms with E-state index in [1.54, 1.807) is 29.4 Å². The topological polar surface area (TPSA) is 114 Å². The molecule has 2 N–H and O–H groups in total. The molecule has 0 fully saturated rings. The van der Waals surface area contributed by atoms with Crippen LogP contribution < -0.4 is 5.32 Å². The summed E-state index contributed by atoms with van der Waals surface area (Å²) in [5.41, 5.74) is 2.21. The molecule has 1 aromatic heterocycles. The number of methoxy groups -OCH3 is 2. The summed E-state index contributed by atoms with van der Waals surface area (Å²) in [5.74, 6) is -1.15. The van der Waals surface area contributed by atoms with Crippen molar-refractivity contribution in [3.63, 3.8) is 0 Å². The summed E-state index contributed by atoms with van der Waals surface area (Å²) in [6.45, 7) is 0.357. The van der Waals surface area contributed by atoms with Gasteiger partial charge in [0.05, 0.1) is 26.2 Å². The van der Waals surface area contributed by atoms with Gasteiger partial charge in [-0.3, -0.25) is 4.79 Å². The molecule has 0 aliphatic carbocycles. The number of esters is 2. The molecule has 2 amide bonds. The standard InChI is InChI=1S/C20H22Cl2N4O5/c1-30-16(27)6-5-15(19(28)31-2)25-20(29)26-8-7-14-17(24-10-23-14)18(26)12-4-3-11(21)9-13(12)22/h3-4,9-10,15,18H,5-8H2,1-2H3,(H,23,24)(H,25,29)/t15-,18?/m0/s1. The number of halogens is 2. The van der Waals surface area contributed by atoms with Crippen LogP contribution in [0.5, 0.6) is 0 Å². The minimum atomic E-state index is -1.02. The first-order valence-electron chi connectivity index (χ1n) is 9.54. The second kappa shape index (κ2) is 10.0. The van der Waals surface area contributed by atoms with Gasteiger partial charge in [-0.25, -0.2) is 14.6 Å². The van der Waals surface area contributed by atoms with Crippen LogP contribution in [0.2, 0.25) is 10.0 Å². The maximum absolute atomic E-state index is 13.2. The number of imidazole rings is 1. The Hall–Kier alpha value is -2.78. The molecule has 11 heteroatoms. The van der Waals surface area contributed by atoms with Crippen LogP contribution in [-0.2, 0) is 25.5 Å². The number of amides is 2. The molecule has 9 nitrogen and oxygen atoms in total. The third-order valence-corrected chi connectivity index (χ3v) is 5.65. The first-order chi connectivity index (χ1) is 14.8.